The molecule has 0 aliphatic heterocycles. The number of hydrogen-bond acceptors (Lipinski definition) is 3. The van der Waals surface area contributed by atoms with Crippen molar-refractivity contribution in [3.8, 4) is 0 Å². The molecule has 0 spiro atoms. The molecule has 0 radical (unpaired) electrons. The lowest BCUT2D eigenvalue weighted by Crippen LogP contribution is -2.17. The van der Waals surface area contributed by atoms with Crippen LogP contribution in [0.1, 0.15) is 39.2 Å². The second kappa shape index (κ2) is 8.21. The number of aryl methyl sites for hydroxylation is 2. The third-order valence-corrected chi connectivity index (χ3v) is 4.89. The van der Waals surface area contributed by atoms with Crippen LogP contribution in [-0.4, -0.2) is 21.2 Å². The molecule has 6 heteroatoms. The molecular weight excluding hydrogens is 376 g/mol. The monoisotopic (exact) mass is 398 g/mol. The van der Waals surface area contributed by atoms with Gasteiger partial charge in [-0.2, -0.15) is 0 Å². The number of aromatic nitrogens is 2. The average molecular weight is 398 g/mol. The highest BCUT2D eigenvalue weighted by atomic mass is 16.2. The van der Waals surface area contributed by atoms with Gasteiger partial charge in [-0.3, -0.25) is 14.0 Å². The van der Waals surface area contributed by atoms with Crippen molar-refractivity contribution in [2.45, 2.75) is 20.3 Å². The standard InChI is InChI=1S/C24H22N4O2/c1-3-17-10-4-5-12-19(17)26-23(29)21-20-13-6-7-14-28(20)22(27-21)24(30)25-18-11-8-9-16(2)15-18/h4-15H,3H2,1-2H3,(H,25,30)(H,26,29). The normalized spacial score (nSPS) is 10.7. The molecule has 0 fully saturated rings. The lowest BCUT2D eigenvalue weighted by molar-refractivity contribution is 0.101. The smallest absolute Gasteiger partial charge is 0.292 e. The van der Waals surface area contributed by atoms with Gasteiger partial charge in [0.1, 0.15) is 0 Å². The minimum Gasteiger partial charge on any atom is -0.320 e. The Morgan fingerprint density at radius 3 is 2.53 bits per heavy atom. The van der Waals surface area contributed by atoms with Crippen LogP contribution in [0.4, 0.5) is 11.4 Å². The molecule has 2 heterocycles. The number of imidazole rings is 1. The molecule has 0 saturated heterocycles. The first-order valence-corrected chi connectivity index (χ1v) is 9.81. The van der Waals surface area contributed by atoms with Gasteiger partial charge >= 0.3 is 0 Å². The minimum absolute atomic E-state index is 0.154. The van der Waals surface area contributed by atoms with Crippen LogP contribution in [0.5, 0.6) is 0 Å². The molecule has 0 aliphatic rings. The Labute approximate surface area is 174 Å². The second-order valence-corrected chi connectivity index (χ2v) is 7.03. The molecule has 0 bridgehead atoms. The summed E-state index contributed by atoms with van der Waals surface area (Å²) in [5, 5.41) is 5.79. The highest BCUT2D eigenvalue weighted by molar-refractivity contribution is 6.10. The van der Waals surface area contributed by atoms with E-state index in [1.807, 2.05) is 68.4 Å². The van der Waals surface area contributed by atoms with Gasteiger partial charge in [-0.1, -0.05) is 43.3 Å². The molecule has 30 heavy (non-hydrogen) atoms. The van der Waals surface area contributed by atoms with E-state index in [1.165, 1.54) is 0 Å². The second-order valence-electron chi connectivity index (χ2n) is 7.03. The number of nitrogens with zero attached hydrogens (tertiary/aromatic N) is 2. The molecule has 2 aromatic heterocycles. The molecule has 6 nitrogen and oxygen atoms in total. The number of nitrogens with one attached hydrogen (secondary N) is 2. The van der Waals surface area contributed by atoms with Gasteiger partial charge in [-0.05, 0) is 54.8 Å². The van der Waals surface area contributed by atoms with Gasteiger partial charge in [0, 0.05) is 17.6 Å². The number of para-hydroxylation sites is 1. The molecular formula is C24H22N4O2. The fraction of sp³-hybridized carbons (Fsp3) is 0.125. The van der Waals surface area contributed by atoms with Crippen molar-refractivity contribution in [2.75, 3.05) is 10.6 Å². The van der Waals surface area contributed by atoms with E-state index in [0.29, 0.717) is 11.2 Å². The van der Waals surface area contributed by atoms with Crippen LogP contribution >= 0.6 is 0 Å². The van der Waals surface area contributed by atoms with Gasteiger partial charge in [0.05, 0.1) is 5.52 Å². The summed E-state index contributed by atoms with van der Waals surface area (Å²) in [6.07, 6.45) is 2.52. The van der Waals surface area contributed by atoms with Crippen LogP contribution in [0.15, 0.2) is 72.9 Å². The van der Waals surface area contributed by atoms with E-state index < -0.39 is 0 Å². The Morgan fingerprint density at radius 1 is 0.933 bits per heavy atom. The SMILES string of the molecule is CCc1ccccc1NC(=O)c1nc(C(=O)Nc2cccc(C)c2)n2ccccc12. The van der Waals surface area contributed by atoms with E-state index in [9.17, 15) is 9.59 Å². The summed E-state index contributed by atoms with van der Waals surface area (Å²) in [5.41, 5.74) is 4.26. The lowest BCUT2D eigenvalue weighted by atomic mass is 10.1. The molecule has 2 N–H and O–H groups in total. The van der Waals surface area contributed by atoms with Crippen LogP contribution in [0.2, 0.25) is 0 Å². The van der Waals surface area contributed by atoms with Gasteiger partial charge in [0.15, 0.2) is 5.69 Å². The first-order valence-electron chi connectivity index (χ1n) is 9.81. The van der Waals surface area contributed by atoms with E-state index >= 15 is 0 Å². The highest BCUT2D eigenvalue weighted by Gasteiger charge is 2.22. The molecule has 2 aromatic carbocycles. The van der Waals surface area contributed by atoms with Crippen LogP contribution < -0.4 is 10.6 Å². The van der Waals surface area contributed by atoms with Crippen molar-refractivity contribution in [1.82, 2.24) is 9.38 Å². The first kappa shape index (κ1) is 19.4. The van der Waals surface area contributed by atoms with Crippen molar-refractivity contribution in [3.05, 3.63) is 95.6 Å². The highest BCUT2D eigenvalue weighted by Crippen LogP contribution is 2.20. The van der Waals surface area contributed by atoms with Crippen molar-refractivity contribution >= 4 is 28.7 Å². The molecule has 0 aliphatic carbocycles. The molecule has 0 unspecified atom stereocenters. The number of hydrogen-bond donors (Lipinski definition) is 2. The summed E-state index contributed by atoms with van der Waals surface area (Å²) >= 11 is 0. The zero-order chi connectivity index (χ0) is 21.1. The molecule has 2 amide bonds. The molecule has 4 rings (SSSR count). The zero-order valence-corrected chi connectivity index (χ0v) is 16.8. The van der Waals surface area contributed by atoms with Crippen LogP contribution in [0, 0.1) is 6.92 Å². The Morgan fingerprint density at radius 2 is 1.73 bits per heavy atom. The largest absolute Gasteiger partial charge is 0.320 e. The Bertz CT molecular complexity index is 1240. The Balaban J connectivity index is 1.68. The summed E-state index contributed by atoms with van der Waals surface area (Å²) in [5.74, 6) is -0.579. The summed E-state index contributed by atoms with van der Waals surface area (Å²) in [7, 11) is 0. The van der Waals surface area contributed by atoms with Crippen LogP contribution in [0.3, 0.4) is 0 Å². The lowest BCUT2D eigenvalue weighted by Gasteiger charge is -2.08. The van der Waals surface area contributed by atoms with Gasteiger partial charge in [0.2, 0.25) is 5.82 Å². The first-order chi connectivity index (χ1) is 14.6. The number of rotatable bonds is 5. The molecule has 150 valence electrons. The van der Waals surface area contributed by atoms with E-state index in [0.717, 1.165) is 23.2 Å². The van der Waals surface area contributed by atoms with Gasteiger partial charge in [0.25, 0.3) is 11.8 Å². The summed E-state index contributed by atoms with van der Waals surface area (Å²) in [4.78, 5) is 30.3. The zero-order valence-electron chi connectivity index (χ0n) is 16.8. The molecule has 0 saturated carbocycles. The quantitative estimate of drug-likeness (QED) is 0.511. The van der Waals surface area contributed by atoms with E-state index in [2.05, 4.69) is 15.6 Å². The van der Waals surface area contributed by atoms with Crippen molar-refractivity contribution in [2.24, 2.45) is 0 Å². The third kappa shape index (κ3) is 3.80. The fourth-order valence-corrected chi connectivity index (χ4v) is 3.41. The van der Waals surface area contributed by atoms with Gasteiger partial charge in [-0.15, -0.1) is 0 Å². The van der Waals surface area contributed by atoms with Crippen molar-refractivity contribution < 1.29 is 9.59 Å². The maximum atomic E-state index is 13.0. The Kier molecular flexibility index (Phi) is 5.30. The van der Waals surface area contributed by atoms with Crippen molar-refractivity contribution in [3.63, 3.8) is 0 Å². The maximum Gasteiger partial charge on any atom is 0.292 e. The van der Waals surface area contributed by atoms with Gasteiger partial charge in [-0.25, -0.2) is 4.98 Å². The number of anilines is 2. The number of carbonyl (C=O) groups excluding carboxylic acids is 2. The van der Waals surface area contributed by atoms with Crippen LogP contribution in [0.25, 0.3) is 5.52 Å². The number of pyridine rings is 1. The third-order valence-electron chi connectivity index (χ3n) is 4.89. The van der Waals surface area contributed by atoms with Crippen molar-refractivity contribution in [1.29, 1.82) is 0 Å². The summed E-state index contributed by atoms with van der Waals surface area (Å²) < 4.78 is 1.63. The number of amides is 2. The number of benzene rings is 2. The summed E-state index contributed by atoms with van der Waals surface area (Å²) in [6.45, 7) is 3.99. The Hall–Kier alpha value is -3.93. The van der Waals surface area contributed by atoms with E-state index in [1.54, 1.807) is 22.7 Å². The fourth-order valence-electron chi connectivity index (χ4n) is 3.41. The topological polar surface area (TPSA) is 75.5 Å². The predicted octanol–water partition coefficient (Wildman–Crippen LogP) is 4.71. The van der Waals surface area contributed by atoms with E-state index in [4.69, 9.17) is 0 Å². The number of fused-ring (bicyclic) bond motifs is 1. The maximum absolute atomic E-state index is 13.0. The molecule has 4 aromatic rings. The number of carbonyl (C=O) groups is 2. The average Bonchev–Trinajstić information content (AvgIpc) is 3.14. The van der Waals surface area contributed by atoms with Crippen LogP contribution in [-0.2, 0) is 6.42 Å². The van der Waals surface area contributed by atoms with E-state index in [-0.39, 0.29) is 23.3 Å². The predicted molar refractivity (Wildman–Crippen MR) is 118 cm³/mol. The summed E-state index contributed by atoms with van der Waals surface area (Å²) in [6, 6.07) is 20.6. The van der Waals surface area contributed by atoms with Gasteiger partial charge < -0.3 is 10.6 Å². The minimum atomic E-state index is -0.380. The molecule has 0 atom stereocenters.